The number of nitrogens with zero attached hydrogens (tertiary/aromatic N) is 3. The van der Waals surface area contributed by atoms with E-state index in [1.807, 2.05) is 35.7 Å². The second-order valence-corrected chi connectivity index (χ2v) is 6.02. The number of methoxy groups -OCH3 is 2. The van der Waals surface area contributed by atoms with Gasteiger partial charge >= 0.3 is 0 Å². The van der Waals surface area contributed by atoms with Crippen LogP contribution in [0.15, 0.2) is 24.4 Å². The summed E-state index contributed by atoms with van der Waals surface area (Å²) in [6.45, 7) is 2.03. The molecule has 0 fully saturated rings. The first-order chi connectivity index (χ1) is 10.7. The maximum Gasteiger partial charge on any atom is 0.194 e. The van der Waals surface area contributed by atoms with Crippen LogP contribution in [-0.4, -0.2) is 23.6 Å². The molecule has 0 amide bonds. The lowest BCUT2D eigenvalue weighted by atomic mass is 10.1. The van der Waals surface area contributed by atoms with Gasteiger partial charge in [0.05, 0.1) is 38.1 Å². The number of benzene rings is 1. The largest absolute Gasteiger partial charge is 0.497 e. The Bertz CT molecular complexity index is 874. The van der Waals surface area contributed by atoms with E-state index in [0.717, 1.165) is 32.5 Å². The summed E-state index contributed by atoms with van der Waals surface area (Å²) in [5.74, 6) is 1.44. The summed E-state index contributed by atoms with van der Waals surface area (Å²) >= 11 is 1.60. The van der Waals surface area contributed by atoms with Crippen molar-refractivity contribution in [1.82, 2.24) is 9.38 Å². The van der Waals surface area contributed by atoms with Gasteiger partial charge < -0.3 is 9.47 Å². The van der Waals surface area contributed by atoms with Crippen LogP contribution in [0, 0.1) is 18.3 Å². The van der Waals surface area contributed by atoms with Crippen molar-refractivity contribution < 1.29 is 9.47 Å². The maximum atomic E-state index is 9.16. The minimum Gasteiger partial charge on any atom is -0.497 e. The topological polar surface area (TPSA) is 59.6 Å². The summed E-state index contributed by atoms with van der Waals surface area (Å²) in [5.41, 5.74) is 2.47. The summed E-state index contributed by atoms with van der Waals surface area (Å²) in [6.07, 6.45) is 2.29. The standard InChI is InChI=1S/C16H15N3O2S/c1-10-9-19-13(6-7-17)15(18-16(19)22-10)12-8-11(20-2)4-5-14(12)21-3/h4-5,8-9H,6H2,1-3H3. The van der Waals surface area contributed by atoms with Crippen LogP contribution in [0.3, 0.4) is 0 Å². The Morgan fingerprint density at radius 1 is 1.32 bits per heavy atom. The molecule has 0 aliphatic heterocycles. The third kappa shape index (κ3) is 2.30. The minimum absolute atomic E-state index is 0.285. The predicted molar refractivity (Wildman–Crippen MR) is 85.7 cm³/mol. The lowest BCUT2D eigenvalue weighted by molar-refractivity contribution is 0.404. The van der Waals surface area contributed by atoms with Crippen LogP contribution in [0.5, 0.6) is 11.5 Å². The van der Waals surface area contributed by atoms with E-state index in [1.54, 1.807) is 25.6 Å². The highest BCUT2D eigenvalue weighted by Gasteiger charge is 2.19. The fourth-order valence-electron chi connectivity index (χ4n) is 2.46. The first-order valence-corrected chi connectivity index (χ1v) is 7.56. The van der Waals surface area contributed by atoms with Gasteiger partial charge in [0, 0.05) is 16.6 Å². The summed E-state index contributed by atoms with van der Waals surface area (Å²) in [5, 5.41) is 9.16. The smallest absolute Gasteiger partial charge is 0.194 e. The van der Waals surface area contributed by atoms with Gasteiger partial charge in [-0.3, -0.25) is 4.40 Å². The summed E-state index contributed by atoms with van der Waals surface area (Å²) in [6, 6.07) is 7.80. The van der Waals surface area contributed by atoms with Crippen LogP contribution in [-0.2, 0) is 6.42 Å². The van der Waals surface area contributed by atoms with Gasteiger partial charge in [0.2, 0.25) is 0 Å². The predicted octanol–water partition coefficient (Wildman–Crippen LogP) is 3.45. The molecule has 0 aliphatic carbocycles. The van der Waals surface area contributed by atoms with Crippen LogP contribution < -0.4 is 9.47 Å². The molecule has 1 aromatic carbocycles. The number of aryl methyl sites for hydroxylation is 1. The fraction of sp³-hybridized carbons (Fsp3) is 0.250. The highest BCUT2D eigenvalue weighted by atomic mass is 32.1. The second-order valence-electron chi connectivity index (χ2n) is 4.80. The first-order valence-electron chi connectivity index (χ1n) is 6.74. The average Bonchev–Trinajstić information content (AvgIpc) is 3.04. The quantitative estimate of drug-likeness (QED) is 0.740. The number of ether oxygens (including phenoxy) is 2. The molecule has 0 unspecified atom stereocenters. The molecule has 3 rings (SSSR count). The number of hydrogen-bond donors (Lipinski definition) is 0. The minimum atomic E-state index is 0.285. The van der Waals surface area contributed by atoms with Gasteiger partial charge in [0.1, 0.15) is 11.5 Å². The van der Waals surface area contributed by atoms with Crippen molar-refractivity contribution in [2.24, 2.45) is 0 Å². The van der Waals surface area contributed by atoms with E-state index in [2.05, 4.69) is 6.07 Å². The highest BCUT2D eigenvalue weighted by molar-refractivity contribution is 7.17. The number of fused-ring (bicyclic) bond motifs is 1. The Hall–Kier alpha value is -2.52. The number of aromatic nitrogens is 2. The molecule has 112 valence electrons. The van der Waals surface area contributed by atoms with Crippen LogP contribution >= 0.6 is 11.3 Å². The number of hydrogen-bond acceptors (Lipinski definition) is 5. The summed E-state index contributed by atoms with van der Waals surface area (Å²) < 4.78 is 12.7. The maximum absolute atomic E-state index is 9.16. The Balaban J connectivity index is 2.27. The zero-order chi connectivity index (χ0) is 15.7. The molecule has 0 saturated carbocycles. The SMILES string of the molecule is COc1ccc(OC)c(-c2nc3sc(C)cn3c2CC#N)c1. The van der Waals surface area contributed by atoms with Gasteiger partial charge in [-0.05, 0) is 25.1 Å². The molecule has 6 heteroatoms. The summed E-state index contributed by atoms with van der Waals surface area (Å²) in [7, 11) is 3.24. The number of imidazole rings is 1. The van der Waals surface area contributed by atoms with E-state index in [-0.39, 0.29) is 6.42 Å². The van der Waals surface area contributed by atoms with Crippen molar-refractivity contribution >= 4 is 16.3 Å². The van der Waals surface area contributed by atoms with E-state index < -0.39 is 0 Å². The van der Waals surface area contributed by atoms with Crippen molar-refractivity contribution in [1.29, 1.82) is 5.26 Å². The van der Waals surface area contributed by atoms with E-state index in [4.69, 9.17) is 19.7 Å². The van der Waals surface area contributed by atoms with Crippen molar-refractivity contribution in [3.8, 4) is 28.8 Å². The second kappa shape index (κ2) is 5.70. The molecule has 0 aliphatic rings. The van der Waals surface area contributed by atoms with Gasteiger partial charge in [0.15, 0.2) is 4.96 Å². The zero-order valence-electron chi connectivity index (χ0n) is 12.6. The Morgan fingerprint density at radius 2 is 2.14 bits per heavy atom. The third-order valence-corrected chi connectivity index (χ3v) is 4.35. The molecule has 0 atom stereocenters. The monoisotopic (exact) mass is 313 g/mol. The van der Waals surface area contributed by atoms with Crippen molar-refractivity contribution in [3.63, 3.8) is 0 Å². The molecule has 2 aromatic heterocycles. The van der Waals surface area contributed by atoms with Gasteiger partial charge in [-0.2, -0.15) is 5.26 Å². The molecule has 2 heterocycles. The molecular weight excluding hydrogens is 298 g/mol. The van der Waals surface area contributed by atoms with Crippen molar-refractivity contribution in [2.75, 3.05) is 14.2 Å². The Labute approximate surface area is 132 Å². The normalized spacial score (nSPS) is 10.6. The van der Waals surface area contributed by atoms with E-state index in [0.29, 0.717) is 5.75 Å². The molecule has 0 saturated heterocycles. The Morgan fingerprint density at radius 3 is 2.82 bits per heavy atom. The molecular formula is C16H15N3O2S. The van der Waals surface area contributed by atoms with Crippen LogP contribution in [0.25, 0.3) is 16.2 Å². The molecule has 0 N–H and O–H groups in total. The highest BCUT2D eigenvalue weighted by Crippen LogP contribution is 2.36. The molecule has 0 spiro atoms. The number of nitriles is 1. The van der Waals surface area contributed by atoms with E-state index in [9.17, 15) is 0 Å². The molecule has 22 heavy (non-hydrogen) atoms. The molecule has 0 radical (unpaired) electrons. The van der Waals surface area contributed by atoms with E-state index in [1.165, 1.54) is 0 Å². The van der Waals surface area contributed by atoms with E-state index >= 15 is 0 Å². The Kier molecular flexibility index (Phi) is 3.73. The van der Waals surface area contributed by atoms with Crippen LogP contribution in [0.2, 0.25) is 0 Å². The fourth-order valence-corrected chi connectivity index (χ4v) is 3.30. The van der Waals surface area contributed by atoms with Gasteiger partial charge in [-0.15, -0.1) is 11.3 Å². The van der Waals surface area contributed by atoms with Crippen molar-refractivity contribution in [3.05, 3.63) is 35.0 Å². The number of rotatable bonds is 4. The third-order valence-electron chi connectivity index (χ3n) is 3.45. The van der Waals surface area contributed by atoms with Gasteiger partial charge in [-0.1, -0.05) is 0 Å². The van der Waals surface area contributed by atoms with Crippen molar-refractivity contribution in [2.45, 2.75) is 13.3 Å². The molecule has 0 bridgehead atoms. The van der Waals surface area contributed by atoms with Crippen LogP contribution in [0.1, 0.15) is 10.6 Å². The van der Waals surface area contributed by atoms with Gasteiger partial charge in [-0.25, -0.2) is 4.98 Å². The average molecular weight is 313 g/mol. The van der Waals surface area contributed by atoms with Gasteiger partial charge in [0.25, 0.3) is 0 Å². The summed E-state index contributed by atoms with van der Waals surface area (Å²) in [4.78, 5) is 6.74. The number of thiazole rings is 1. The lowest BCUT2D eigenvalue weighted by Gasteiger charge is -2.10. The van der Waals surface area contributed by atoms with Crippen LogP contribution in [0.4, 0.5) is 0 Å². The lowest BCUT2D eigenvalue weighted by Crippen LogP contribution is -1.95. The zero-order valence-corrected chi connectivity index (χ0v) is 13.4. The first kappa shape index (κ1) is 14.4. The molecule has 5 nitrogen and oxygen atoms in total. The molecule has 3 aromatic rings.